The highest BCUT2D eigenvalue weighted by molar-refractivity contribution is 6.21. The minimum Gasteiger partial charge on any atom is -0.369 e. The Hall–Kier alpha value is -2.70. The Morgan fingerprint density at radius 1 is 1.14 bits per heavy atom. The molecule has 116 valence electrons. The van der Waals surface area contributed by atoms with Crippen molar-refractivity contribution in [3.8, 4) is 0 Å². The van der Waals surface area contributed by atoms with Crippen molar-refractivity contribution in [1.29, 1.82) is 0 Å². The van der Waals surface area contributed by atoms with Crippen LogP contribution >= 0.6 is 0 Å². The monoisotopic (exact) mass is 304 g/mol. The number of rotatable bonds is 5. The summed E-state index contributed by atoms with van der Waals surface area (Å²) in [7, 11) is 0. The maximum Gasteiger partial charge on any atom is 0.345 e. The summed E-state index contributed by atoms with van der Waals surface area (Å²) in [6.45, 7) is 3.62. The standard InChI is InChI=1S/C15H16N2O5/c1-8(2)7-11(12(16)18)15(21)22-17-13(19)9-5-3-4-6-10(9)14(17)20/h3-6,8,11H,7H2,1-2H3,(H2,16,18). The van der Waals surface area contributed by atoms with Gasteiger partial charge in [0.15, 0.2) is 0 Å². The zero-order valence-corrected chi connectivity index (χ0v) is 12.2. The van der Waals surface area contributed by atoms with Crippen molar-refractivity contribution >= 4 is 23.7 Å². The van der Waals surface area contributed by atoms with Crippen molar-refractivity contribution in [3.63, 3.8) is 0 Å². The quantitative estimate of drug-likeness (QED) is 0.642. The summed E-state index contributed by atoms with van der Waals surface area (Å²) in [5.41, 5.74) is 5.49. The minimum atomic E-state index is -1.20. The number of benzene rings is 1. The van der Waals surface area contributed by atoms with Crippen LogP contribution < -0.4 is 5.73 Å². The number of carbonyl (C=O) groups is 4. The van der Waals surface area contributed by atoms with Crippen LogP contribution in [0.25, 0.3) is 0 Å². The van der Waals surface area contributed by atoms with Crippen molar-refractivity contribution in [2.24, 2.45) is 17.6 Å². The topological polar surface area (TPSA) is 107 Å². The van der Waals surface area contributed by atoms with E-state index < -0.39 is 29.6 Å². The zero-order valence-electron chi connectivity index (χ0n) is 12.2. The Balaban J connectivity index is 2.18. The highest BCUT2D eigenvalue weighted by Gasteiger charge is 2.40. The number of imide groups is 1. The van der Waals surface area contributed by atoms with Gasteiger partial charge in [0.25, 0.3) is 11.8 Å². The lowest BCUT2D eigenvalue weighted by molar-refractivity contribution is -0.175. The van der Waals surface area contributed by atoms with Gasteiger partial charge in [0.1, 0.15) is 5.92 Å². The van der Waals surface area contributed by atoms with Crippen molar-refractivity contribution in [2.75, 3.05) is 0 Å². The van der Waals surface area contributed by atoms with Gasteiger partial charge in [0.2, 0.25) is 5.91 Å². The largest absolute Gasteiger partial charge is 0.369 e. The van der Waals surface area contributed by atoms with E-state index in [1.165, 1.54) is 12.1 Å². The number of nitrogens with two attached hydrogens (primary N) is 1. The summed E-state index contributed by atoms with van der Waals surface area (Å²) >= 11 is 0. The second-order valence-electron chi connectivity index (χ2n) is 5.45. The van der Waals surface area contributed by atoms with Crippen LogP contribution in [-0.4, -0.2) is 28.8 Å². The molecule has 7 nitrogen and oxygen atoms in total. The molecule has 0 fully saturated rings. The van der Waals surface area contributed by atoms with E-state index >= 15 is 0 Å². The third kappa shape index (κ3) is 2.83. The van der Waals surface area contributed by atoms with Gasteiger partial charge < -0.3 is 10.6 Å². The molecule has 1 aromatic carbocycles. The van der Waals surface area contributed by atoms with Gasteiger partial charge in [-0.25, -0.2) is 4.79 Å². The minimum absolute atomic E-state index is 0.0206. The molecule has 0 spiro atoms. The number of hydroxylamine groups is 2. The van der Waals surface area contributed by atoms with E-state index in [9.17, 15) is 19.2 Å². The molecule has 0 radical (unpaired) electrons. The van der Waals surface area contributed by atoms with E-state index in [0.29, 0.717) is 5.06 Å². The zero-order chi connectivity index (χ0) is 16.4. The molecule has 1 aromatic rings. The molecular weight excluding hydrogens is 288 g/mol. The van der Waals surface area contributed by atoms with E-state index in [0.717, 1.165) is 0 Å². The average molecular weight is 304 g/mol. The summed E-state index contributed by atoms with van der Waals surface area (Å²) < 4.78 is 0. The number of fused-ring (bicyclic) bond motifs is 1. The molecule has 0 aliphatic carbocycles. The Morgan fingerprint density at radius 3 is 2.05 bits per heavy atom. The first kappa shape index (κ1) is 15.7. The Labute approximate surface area is 127 Å². The van der Waals surface area contributed by atoms with Gasteiger partial charge in [-0.15, -0.1) is 0 Å². The molecule has 2 rings (SSSR count). The van der Waals surface area contributed by atoms with E-state index in [2.05, 4.69) is 0 Å². The molecular formula is C15H16N2O5. The first-order valence-corrected chi connectivity index (χ1v) is 6.81. The van der Waals surface area contributed by atoms with Crippen molar-refractivity contribution in [1.82, 2.24) is 5.06 Å². The fourth-order valence-corrected chi connectivity index (χ4v) is 2.20. The molecule has 2 N–H and O–H groups in total. The first-order valence-electron chi connectivity index (χ1n) is 6.81. The van der Waals surface area contributed by atoms with Gasteiger partial charge in [-0.05, 0) is 24.5 Å². The number of amides is 3. The first-order chi connectivity index (χ1) is 10.3. The maximum absolute atomic E-state index is 12.1. The summed E-state index contributed by atoms with van der Waals surface area (Å²) in [6.07, 6.45) is 0.178. The number of hydrogen-bond acceptors (Lipinski definition) is 5. The molecule has 1 unspecified atom stereocenters. The second-order valence-corrected chi connectivity index (χ2v) is 5.45. The third-order valence-corrected chi connectivity index (χ3v) is 3.27. The Kier molecular flexibility index (Phi) is 4.25. The molecule has 0 saturated carbocycles. The summed E-state index contributed by atoms with van der Waals surface area (Å²) in [5, 5.41) is 0.378. The fourth-order valence-electron chi connectivity index (χ4n) is 2.20. The van der Waals surface area contributed by atoms with E-state index in [1.807, 2.05) is 13.8 Å². The third-order valence-electron chi connectivity index (χ3n) is 3.27. The molecule has 3 amide bonds. The van der Waals surface area contributed by atoms with E-state index in [-0.39, 0.29) is 23.5 Å². The van der Waals surface area contributed by atoms with Gasteiger partial charge in [0, 0.05) is 0 Å². The summed E-state index contributed by atoms with van der Waals surface area (Å²) in [4.78, 5) is 52.4. The van der Waals surface area contributed by atoms with Gasteiger partial charge in [0.05, 0.1) is 11.1 Å². The molecule has 1 aliphatic rings. The number of primary amides is 1. The van der Waals surface area contributed by atoms with Crippen LogP contribution in [0.5, 0.6) is 0 Å². The predicted octanol–water partition coefficient (Wildman–Crippen LogP) is 0.888. The predicted molar refractivity (Wildman–Crippen MR) is 75.2 cm³/mol. The lowest BCUT2D eigenvalue weighted by atomic mass is 9.97. The van der Waals surface area contributed by atoms with Crippen LogP contribution in [0.4, 0.5) is 0 Å². The smallest absolute Gasteiger partial charge is 0.345 e. The Morgan fingerprint density at radius 2 is 1.64 bits per heavy atom. The Bertz CT molecular complexity index is 618. The van der Waals surface area contributed by atoms with Crippen LogP contribution in [-0.2, 0) is 14.4 Å². The van der Waals surface area contributed by atoms with Crippen LogP contribution in [0, 0.1) is 11.8 Å². The summed E-state index contributed by atoms with van der Waals surface area (Å²) in [6, 6.07) is 6.12. The van der Waals surface area contributed by atoms with Gasteiger partial charge in [-0.3, -0.25) is 14.4 Å². The van der Waals surface area contributed by atoms with Crippen molar-refractivity contribution in [2.45, 2.75) is 20.3 Å². The van der Waals surface area contributed by atoms with Crippen LogP contribution in [0.2, 0.25) is 0 Å². The van der Waals surface area contributed by atoms with Crippen molar-refractivity contribution < 1.29 is 24.0 Å². The number of nitrogens with zero attached hydrogens (tertiary/aromatic N) is 1. The highest BCUT2D eigenvalue weighted by atomic mass is 16.7. The number of carbonyl (C=O) groups excluding carboxylic acids is 4. The van der Waals surface area contributed by atoms with Crippen LogP contribution in [0.15, 0.2) is 24.3 Å². The molecule has 7 heteroatoms. The highest BCUT2D eigenvalue weighted by Crippen LogP contribution is 2.24. The molecule has 22 heavy (non-hydrogen) atoms. The SMILES string of the molecule is CC(C)CC(C(N)=O)C(=O)ON1C(=O)c2ccccc2C1=O. The van der Waals surface area contributed by atoms with E-state index in [4.69, 9.17) is 10.6 Å². The van der Waals surface area contributed by atoms with Crippen LogP contribution in [0.3, 0.4) is 0 Å². The maximum atomic E-state index is 12.1. The molecule has 1 aliphatic heterocycles. The van der Waals surface area contributed by atoms with E-state index in [1.54, 1.807) is 12.1 Å². The molecule has 1 heterocycles. The lowest BCUT2D eigenvalue weighted by Gasteiger charge is -2.18. The fraction of sp³-hybridized carbons (Fsp3) is 0.333. The van der Waals surface area contributed by atoms with Gasteiger partial charge in [-0.2, -0.15) is 0 Å². The molecule has 0 aromatic heterocycles. The van der Waals surface area contributed by atoms with Gasteiger partial charge in [-0.1, -0.05) is 31.0 Å². The molecule has 0 saturated heterocycles. The van der Waals surface area contributed by atoms with Crippen LogP contribution in [0.1, 0.15) is 41.0 Å². The normalized spacial score (nSPS) is 15.0. The molecule has 0 bridgehead atoms. The van der Waals surface area contributed by atoms with Gasteiger partial charge >= 0.3 is 5.97 Å². The second kappa shape index (κ2) is 5.97. The van der Waals surface area contributed by atoms with Crippen molar-refractivity contribution in [3.05, 3.63) is 35.4 Å². The summed E-state index contributed by atoms with van der Waals surface area (Å²) in [5.74, 6) is -4.51. The lowest BCUT2D eigenvalue weighted by Crippen LogP contribution is -2.39. The average Bonchev–Trinajstić information content (AvgIpc) is 2.70. The molecule has 1 atom stereocenters. The number of hydrogen-bond donors (Lipinski definition) is 1.